The topological polar surface area (TPSA) is 59.1 Å². The van der Waals surface area contributed by atoms with E-state index in [1.54, 1.807) is 17.4 Å². The van der Waals surface area contributed by atoms with Crippen molar-refractivity contribution in [1.82, 2.24) is 4.98 Å². The third-order valence-corrected chi connectivity index (χ3v) is 3.63. The summed E-state index contributed by atoms with van der Waals surface area (Å²) in [5, 5.41) is 12.8. The Hall–Kier alpha value is -1.39. The number of nitrogens with two attached hydrogens (primary N) is 1. The molecule has 0 bridgehead atoms. The minimum Gasteiger partial charge on any atom is -0.508 e. The van der Waals surface area contributed by atoms with E-state index in [9.17, 15) is 5.11 Å². The summed E-state index contributed by atoms with van der Waals surface area (Å²) in [4.78, 5) is 4.54. The van der Waals surface area contributed by atoms with Crippen molar-refractivity contribution in [1.29, 1.82) is 0 Å². The molecule has 0 aliphatic carbocycles. The maximum absolute atomic E-state index is 9.69. The van der Waals surface area contributed by atoms with Crippen molar-refractivity contribution in [2.75, 3.05) is 6.54 Å². The van der Waals surface area contributed by atoms with E-state index >= 15 is 0 Å². The number of nitrogens with zero attached hydrogens (tertiary/aromatic N) is 1. The molecule has 1 unspecified atom stereocenters. The molecule has 0 fully saturated rings. The molecule has 0 aliphatic rings. The average Bonchev–Trinajstić information content (AvgIpc) is 2.80. The van der Waals surface area contributed by atoms with Crippen LogP contribution in [0.3, 0.4) is 0 Å². The van der Waals surface area contributed by atoms with Gasteiger partial charge in [0.05, 0.1) is 10.7 Å². The van der Waals surface area contributed by atoms with Crippen LogP contribution in [-0.2, 0) is 6.42 Å². The normalized spacial score (nSPS) is 12.6. The van der Waals surface area contributed by atoms with Crippen LogP contribution in [0.2, 0.25) is 0 Å². The summed E-state index contributed by atoms with van der Waals surface area (Å²) >= 11 is 1.62. The number of benzene rings is 1. The Bertz CT molecular complexity index is 496. The molecule has 90 valence electrons. The highest BCUT2D eigenvalue weighted by atomic mass is 32.1. The van der Waals surface area contributed by atoms with Gasteiger partial charge >= 0.3 is 0 Å². The van der Waals surface area contributed by atoms with Crippen molar-refractivity contribution in [2.24, 2.45) is 5.73 Å². The fraction of sp³-hybridized carbons (Fsp3) is 0.308. The lowest BCUT2D eigenvalue weighted by atomic mass is 10.1. The zero-order valence-corrected chi connectivity index (χ0v) is 10.6. The van der Waals surface area contributed by atoms with Crippen LogP contribution in [0, 0.1) is 0 Å². The molecule has 0 amide bonds. The van der Waals surface area contributed by atoms with E-state index in [1.807, 2.05) is 23.6 Å². The van der Waals surface area contributed by atoms with Crippen molar-refractivity contribution in [3.8, 4) is 5.75 Å². The minimum atomic E-state index is 0.296. The van der Waals surface area contributed by atoms with Crippen LogP contribution in [0.1, 0.15) is 29.1 Å². The monoisotopic (exact) mass is 248 g/mol. The number of thiazole rings is 1. The van der Waals surface area contributed by atoms with Crippen LogP contribution >= 0.6 is 11.3 Å². The van der Waals surface area contributed by atoms with E-state index in [0.29, 0.717) is 24.6 Å². The zero-order chi connectivity index (χ0) is 12.3. The molecule has 17 heavy (non-hydrogen) atoms. The lowest BCUT2D eigenvalue weighted by Gasteiger charge is -2.03. The molecular weight excluding hydrogens is 232 g/mol. The molecule has 3 N–H and O–H groups in total. The van der Waals surface area contributed by atoms with Gasteiger partial charge in [0.1, 0.15) is 5.75 Å². The van der Waals surface area contributed by atoms with Gasteiger partial charge in [-0.2, -0.15) is 0 Å². The number of rotatable bonds is 4. The quantitative estimate of drug-likeness (QED) is 0.874. The van der Waals surface area contributed by atoms with Gasteiger partial charge in [0.2, 0.25) is 0 Å². The highest BCUT2D eigenvalue weighted by Gasteiger charge is 2.10. The van der Waals surface area contributed by atoms with Gasteiger partial charge in [0.25, 0.3) is 0 Å². The predicted molar refractivity (Wildman–Crippen MR) is 70.5 cm³/mol. The smallest absolute Gasteiger partial charge is 0.119 e. The summed E-state index contributed by atoms with van der Waals surface area (Å²) < 4.78 is 0. The van der Waals surface area contributed by atoms with Crippen LogP contribution in [-0.4, -0.2) is 16.6 Å². The Morgan fingerprint density at radius 1 is 1.41 bits per heavy atom. The predicted octanol–water partition coefficient (Wildman–Crippen LogP) is 2.50. The standard InChI is InChI=1S/C13H16N2OS/c1-9(7-14)11-8-17-13(15-11)6-10-4-2-3-5-12(10)16/h2-5,8-9,16H,6-7,14H2,1H3. The van der Waals surface area contributed by atoms with Gasteiger partial charge in [0.15, 0.2) is 0 Å². The molecule has 1 atom stereocenters. The third-order valence-electron chi connectivity index (χ3n) is 2.76. The Kier molecular flexibility index (Phi) is 3.76. The third kappa shape index (κ3) is 2.84. The largest absolute Gasteiger partial charge is 0.508 e. The molecule has 1 aromatic heterocycles. The first-order valence-electron chi connectivity index (χ1n) is 5.62. The molecule has 2 rings (SSSR count). The Labute approximate surface area is 105 Å². The molecule has 0 aliphatic heterocycles. The first-order valence-corrected chi connectivity index (χ1v) is 6.50. The van der Waals surface area contributed by atoms with Gasteiger partial charge in [-0.05, 0) is 6.07 Å². The molecule has 3 nitrogen and oxygen atoms in total. The van der Waals surface area contributed by atoms with Crippen LogP contribution in [0.5, 0.6) is 5.75 Å². The number of aromatic hydroxyl groups is 1. The lowest BCUT2D eigenvalue weighted by Crippen LogP contribution is -2.09. The number of hydrogen-bond acceptors (Lipinski definition) is 4. The van der Waals surface area contributed by atoms with Crippen LogP contribution in [0.25, 0.3) is 0 Å². The van der Waals surface area contributed by atoms with E-state index in [2.05, 4.69) is 11.9 Å². The number of phenols is 1. The molecular formula is C13H16N2OS. The molecule has 4 heteroatoms. The highest BCUT2D eigenvalue weighted by Crippen LogP contribution is 2.23. The minimum absolute atomic E-state index is 0.296. The molecule has 0 saturated heterocycles. The average molecular weight is 248 g/mol. The van der Waals surface area contributed by atoms with E-state index < -0.39 is 0 Å². The molecule has 1 heterocycles. The van der Waals surface area contributed by atoms with Crippen molar-refractivity contribution in [2.45, 2.75) is 19.3 Å². The Morgan fingerprint density at radius 3 is 2.88 bits per heavy atom. The summed E-state index contributed by atoms with van der Waals surface area (Å²) in [5.74, 6) is 0.625. The fourth-order valence-corrected chi connectivity index (χ4v) is 2.52. The first kappa shape index (κ1) is 12.1. The summed E-state index contributed by atoms with van der Waals surface area (Å²) in [6, 6.07) is 7.36. The number of hydrogen-bond donors (Lipinski definition) is 2. The van der Waals surface area contributed by atoms with E-state index in [0.717, 1.165) is 16.3 Å². The van der Waals surface area contributed by atoms with E-state index in [-0.39, 0.29) is 0 Å². The van der Waals surface area contributed by atoms with E-state index in [1.165, 1.54) is 0 Å². The second-order valence-electron chi connectivity index (χ2n) is 4.11. The van der Waals surface area contributed by atoms with Crippen molar-refractivity contribution < 1.29 is 5.11 Å². The molecule has 2 aromatic rings. The van der Waals surface area contributed by atoms with Crippen LogP contribution < -0.4 is 5.73 Å². The second kappa shape index (κ2) is 5.29. The van der Waals surface area contributed by atoms with Crippen LogP contribution in [0.4, 0.5) is 0 Å². The second-order valence-corrected chi connectivity index (χ2v) is 5.05. The molecule has 0 spiro atoms. The van der Waals surface area contributed by atoms with Crippen LogP contribution in [0.15, 0.2) is 29.6 Å². The van der Waals surface area contributed by atoms with Gasteiger partial charge < -0.3 is 10.8 Å². The number of phenolic OH excluding ortho intramolecular Hbond substituents is 1. The molecule has 0 radical (unpaired) electrons. The zero-order valence-electron chi connectivity index (χ0n) is 9.76. The Balaban J connectivity index is 2.14. The molecule has 0 saturated carbocycles. The summed E-state index contributed by atoms with van der Waals surface area (Å²) in [7, 11) is 0. The van der Waals surface area contributed by atoms with Gasteiger partial charge in [-0.25, -0.2) is 4.98 Å². The fourth-order valence-electron chi connectivity index (χ4n) is 1.58. The summed E-state index contributed by atoms with van der Waals surface area (Å²) in [6.45, 7) is 2.68. The summed E-state index contributed by atoms with van der Waals surface area (Å²) in [6.07, 6.45) is 0.675. The van der Waals surface area contributed by atoms with Gasteiger partial charge in [-0.15, -0.1) is 11.3 Å². The number of para-hydroxylation sites is 1. The van der Waals surface area contributed by atoms with Gasteiger partial charge in [0, 0.05) is 29.8 Å². The maximum atomic E-state index is 9.69. The number of aromatic nitrogens is 1. The van der Waals surface area contributed by atoms with Crippen molar-refractivity contribution in [3.63, 3.8) is 0 Å². The SMILES string of the molecule is CC(CN)c1csc(Cc2ccccc2O)n1. The van der Waals surface area contributed by atoms with Crippen molar-refractivity contribution in [3.05, 3.63) is 45.9 Å². The van der Waals surface area contributed by atoms with Crippen molar-refractivity contribution >= 4 is 11.3 Å². The maximum Gasteiger partial charge on any atom is 0.119 e. The highest BCUT2D eigenvalue weighted by molar-refractivity contribution is 7.09. The Morgan fingerprint density at radius 2 is 2.18 bits per heavy atom. The molecule has 1 aromatic carbocycles. The van der Waals surface area contributed by atoms with Gasteiger partial charge in [-0.3, -0.25) is 0 Å². The van der Waals surface area contributed by atoms with Gasteiger partial charge in [-0.1, -0.05) is 25.1 Å². The lowest BCUT2D eigenvalue weighted by molar-refractivity contribution is 0.469. The summed E-state index contributed by atoms with van der Waals surface area (Å²) in [5.41, 5.74) is 7.57. The van der Waals surface area contributed by atoms with E-state index in [4.69, 9.17) is 5.73 Å². The first-order chi connectivity index (χ1) is 8.20.